The number of hydrogen-bond donors (Lipinski definition) is 0. The SMILES string of the molecule is Cc1ccc(S(=O)(=O)[N-][C@H](c2ccccc2)[C@@H](c2ccccc2)N(C)CCCc2ccccc2)cc1.[Cl][Ru+]. The van der Waals surface area contributed by atoms with Crippen molar-refractivity contribution in [3.8, 4) is 0 Å². The molecule has 0 spiro atoms. The van der Waals surface area contributed by atoms with Crippen LogP contribution in [0.25, 0.3) is 4.72 Å². The first-order valence-corrected chi connectivity index (χ1v) is 16.1. The Bertz CT molecular complexity index is 1320. The third kappa shape index (κ3) is 8.59. The molecule has 4 aromatic carbocycles. The first-order valence-electron chi connectivity index (χ1n) is 12.5. The Morgan fingerprint density at radius 1 is 0.763 bits per heavy atom. The molecule has 38 heavy (non-hydrogen) atoms. The zero-order valence-electron chi connectivity index (χ0n) is 21.6. The molecule has 0 aromatic heterocycles. The van der Waals surface area contributed by atoms with Gasteiger partial charge < -0.3 is 9.62 Å². The van der Waals surface area contributed by atoms with Crippen LogP contribution in [0.1, 0.15) is 40.8 Å². The van der Waals surface area contributed by atoms with Gasteiger partial charge in [0.25, 0.3) is 0 Å². The number of rotatable bonds is 11. The molecule has 2 atom stereocenters. The van der Waals surface area contributed by atoms with Crippen molar-refractivity contribution in [1.82, 2.24) is 4.90 Å². The summed E-state index contributed by atoms with van der Waals surface area (Å²) >= 11 is 1.82. The summed E-state index contributed by atoms with van der Waals surface area (Å²) in [5.74, 6) is 0. The van der Waals surface area contributed by atoms with Crippen LogP contribution in [0.15, 0.2) is 120 Å². The minimum atomic E-state index is -3.88. The monoisotopic (exact) mass is 634 g/mol. The second kappa shape index (κ2) is 15.3. The van der Waals surface area contributed by atoms with Crippen LogP contribution < -0.4 is 0 Å². The molecule has 0 saturated carbocycles. The number of aryl methyl sites for hydroxylation is 2. The summed E-state index contributed by atoms with van der Waals surface area (Å²) in [6, 6.07) is 36.3. The van der Waals surface area contributed by atoms with Gasteiger partial charge in [0.05, 0.1) is 0 Å². The van der Waals surface area contributed by atoms with Gasteiger partial charge in [-0.2, -0.15) is 0 Å². The van der Waals surface area contributed by atoms with Crippen molar-refractivity contribution in [2.75, 3.05) is 13.6 Å². The van der Waals surface area contributed by atoms with E-state index in [0.29, 0.717) is 0 Å². The molecule has 0 radical (unpaired) electrons. The molecule has 7 heteroatoms. The third-order valence-corrected chi connectivity index (χ3v) is 7.82. The van der Waals surface area contributed by atoms with Crippen LogP contribution in [0.5, 0.6) is 0 Å². The molecule has 4 rings (SSSR count). The van der Waals surface area contributed by atoms with E-state index in [-0.39, 0.29) is 10.9 Å². The summed E-state index contributed by atoms with van der Waals surface area (Å²) in [5, 5.41) is 0. The van der Waals surface area contributed by atoms with Crippen molar-refractivity contribution in [3.63, 3.8) is 0 Å². The van der Waals surface area contributed by atoms with Crippen LogP contribution >= 0.6 is 9.69 Å². The van der Waals surface area contributed by atoms with E-state index in [1.807, 2.05) is 91.0 Å². The molecule has 0 aliphatic rings. The van der Waals surface area contributed by atoms with E-state index >= 15 is 0 Å². The fourth-order valence-electron chi connectivity index (χ4n) is 4.52. The second-order valence-electron chi connectivity index (χ2n) is 9.17. The third-order valence-electron chi connectivity index (χ3n) is 6.45. The maximum absolute atomic E-state index is 13.5. The summed E-state index contributed by atoms with van der Waals surface area (Å²) in [5.41, 5.74) is 4.22. The summed E-state index contributed by atoms with van der Waals surface area (Å²) in [7, 11) is 2.75. The minimum absolute atomic E-state index is 0.215. The van der Waals surface area contributed by atoms with E-state index < -0.39 is 16.1 Å². The van der Waals surface area contributed by atoms with Crippen molar-refractivity contribution < 1.29 is 25.7 Å². The van der Waals surface area contributed by atoms with Gasteiger partial charge in [-0.3, -0.25) is 0 Å². The first-order chi connectivity index (χ1) is 18.4. The Kier molecular flexibility index (Phi) is 12.2. The van der Waals surface area contributed by atoms with Gasteiger partial charge in [-0.05, 0) is 56.6 Å². The molecule has 0 aliphatic carbocycles. The molecule has 0 N–H and O–H groups in total. The van der Waals surface area contributed by atoms with E-state index in [9.17, 15) is 8.42 Å². The molecule has 0 aliphatic heterocycles. The van der Waals surface area contributed by atoms with Crippen LogP contribution in [0.2, 0.25) is 0 Å². The predicted molar refractivity (Wildman–Crippen MR) is 153 cm³/mol. The average Bonchev–Trinajstić information content (AvgIpc) is 2.95. The Morgan fingerprint density at radius 2 is 1.26 bits per heavy atom. The van der Waals surface area contributed by atoms with Gasteiger partial charge in [-0.1, -0.05) is 120 Å². The van der Waals surface area contributed by atoms with E-state index in [2.05, 4.69) is 62.8 Å². The Labute approximate surface area is 241 Å². The fourth-order valence-corrected chi connectivity index (χ4v) is 5.65. The average molecular weight is 634 g/mol. The molecule has 0 fully saturated rings. The number of nitrogens with zero attached hydrogens (tertiary/aromatic N) is 2. The molecular formula is C31H33ClN2O2RuS. The van der Waals surface area contributed by atoms with Crippen molar-refractivity contribution in [1.29, 1.82) is 0 Å². The van der Waals surface area contributed by atoms with Gasteiger partial charge in [0, 0.05) is 10.9 Å². The van der Waals surface area contributed by atoms with Gasteiger partial charge in [-0.15, -0.1) is 0 Å². The molecular weight excluding hydrogens is 601 g/mol. The number of benzene rings is 4. The second-order valence-corrected chi connectivity index (χ2v) is 10.8. The summed E-state index contributed by atoms with van der Waals surface area (Å²) in [6.07, 6.45) is 1.91. The molecule has 0 unspecified atom stereocenters. The van der Waals surface area contributed by atoms with Crippen molar-refractivity contribution in [3.05, 3.63) is 142 Å². The van der Waals surface area contributed by atoms with Crippen molar-refractivity contribution in [2.24, 2.45) is 0 Å². The molecule has 4 aromatic rings. The zero-order chi connectivity index (χ0) is 27.4. The quantitative estimate of drug-likeness (QED) is 0.158. The molecule has 4 nitrogen and oxygen atoms in total. The Balaban J connectivity index is 0.00000195. The number of sulfonamides is 1. The summed E-state index contributed by atoms with van der Waals surface area (Å²) < 4.78 is 31.6. The standard InChI is InChI=1S/C31H33N2O2S.ClH.Ru/c1-25-20-22-29(23-21-25)36(34,35)32-30(27-16-8-4-9-17-27)31(28-18-10-5-11-19-28)33(2)24-12-15-26-13-6-3-7-14-26;;/h3-11,13-14,16-23,30-31H,12,15,24H2,1-2H3;1H;/q-1;;+2/p-1/t30-,31-;;/m1../s1. The van der Waals surface area contributed by atoms with Crippen molar-refractivity contribution in [2.45, 2.75) is 36.7 Å². The fraction of sp³-hybridized carbons (Fsp3) is 0.226. The first kappa shape index (κ1) is 30.2. The van der Waals surface area contributed by atoms with Gasteiger partial charge >= 0.3 is 27.0 Å². The summed E-state index contributed by atoms with van der Waals surface area (Å²) in [6.45, 7) is 2.74. The van der Waals surface area contributed by atoms with Crippen LogP contribution in [0, 0.1) is 6.92 Å². The van der Waals surface area contributed by atoms with Gasteiger partial charge in [0.1, 0.15) is 10.0 Å². The van der Waals surface area contributed by atoms with Gasteiger partial charge in [0.2, 0.25) is 0 Å². The van der Waals surface area contributed by atoms with Gasteiger partial charge in [0.15, 0.2) is 0 Å². The van der Waals surface area contributed by atoms with E-state index in [1.165, 1.54) is 5.56 Å². The molecule has 200 valence electrons. The van der Waals surface area contributed by atoms with E-state index in [1.54, 1.807) is 12.1 Å². The van der Waals surface area contributed by atoms with E-state index in [4.69, 9.17) is 0 Å². The molecule has 0 heterocycles. The molecule has 0 amide bonds. The van der Waals surface area contributed by atoms with Crippen LogP contribution in [-0.2, 0) is 33.8 Å². The predicted octanol–water partition coefficient (Wildman–Crippen LogP) is 7.79. The normalized spacial score (nSPS) is 12.9. The van der Waals surface area contributed by atoms with Gasteiger partial charge in [-0.25, -0.2) is 8.42 Å². The number of likely N-dealkylation sites (N-methyl/N-ethyl adjacent to an activating group) is 1. The number of hydrogen-bond acceptors (Lipinski definition) is 3. The van der Waals surface area contributed by atoms with Crippen LogP contribution in [0.3, 0.4) is 0 Å². The maximum atomic E-state index is 13.5. The molecule has 0 bridgehead atoms. The van der Waals surface area contributed by atoms with Crippen molar-refractivity contribution >= 4 is 19.7 Å². The Morgan fingerprint density at radius 3 is 1.82 bits per heavy atom. The van der Waals surface area contributed by atoms with E-state index in [0.717, 1.165) is 36.1 Å². The van der Waals surface area contributed by atoms with Crippen LogP contribution in [-0.4, -0.2) is 26.9 Å². The van der Waals surface area contributed by atoms with Crippen LogP contribution in [0.4, 0.5) is 0 Å². The Hall–Kier alpha value is -2.34. The number of halogens is 1. The summed E-state index contributed by atoms with van der Waals surface area (Å²) in [4.78, 5) is 2.46. The zero-order valence-corrected chi connectivity index (χ0v) is 24.9. The molecule has 0 saturated heterocycles. The topological polar surface area (TPSA) is 51.5 Å².